The summed E-state index contributed by atoms with van der Waals surface area (Å²) in [5.41, 5.74) is 2.36. The largest absolute Gasteiger partial charge is 0.441 e. The molecule has 2 unspecified atom stereocenters. The molecule has 1 aliphatic rings. The zero-order valence-corrected chi connectivity index (χ0v) is 12.0. The van der Waals surface area contributed by atoms with Crippen LogP contribution >= 0.6 is 0 Å². The number of nitriles is 1. The maximum Gasteiger partial charge on any atom is 0.205 e. The first-order chi connectivity index (χ1) is 11.2. The summed E-state index contributed by atoms with van der Waals surface area (Å²) in [5, 5.41) is 18.4. The Hall–Kier alpha value is -3.13. The van der Waals surface area contributed by atoms with Crippen LogP contribution in [0.3, 0.4) is 0 Å². The topological polar surface area (TPSA) is 72.7 Å². The number of H-pyrrole nitrogens is 1. The molecule has 3 aromatic rings. The zero-order valence-electron chi connectivity index (χ0n) is 12.0. The molecule has 2 heterocycles. The maximum absolute atomic E-state index is 13.7. The predicted octanol–water partition coefficient (Wildman–Crippen LogP) is 3.95. The monoisotopic (exact) mass is 305 g/mol. The molecule has 0 fully saturated rings. The lowest BCUT2D eigenvalue weighted by atomic mass is 9.78. The van der Waals surface area contributed by atoms with Crippen molar-refractivity contribution < 1.29 is 9.13 Å². The lowest BCUT2D eigenvalue weighted by Crippen LogP contribution is -2.31. The SMILES string of the molecule is N#CC1C(=N)Oc2c(ccc3[nH]ccc23)C1c1cccc(F)c1. The molecule has 5 heteroatoms. The van der Waals surface area contributed by atoms with Crippen LogP contribution in [0.5, 0.6) is 5.75 Å². The molecule has 112 valence electrons. The Kier molecular flexibility index (Phi) is 2.91. The van der Waals surface area contributed by atoms with Gasteiger partial charge in [-0.3, -0.25) is 5.41 Å². The highest BCUT2D eigenvalue weighted by Crippen LogP contribution is 2.45. The number of nitrogens with zero attached hydrogens (tertiary/aromatic N) is 1. The van der Waals surface area contributed by atoms with E-state index < -0.39 is 11.8 Å². The van der Waals surface area contributed by atoms with E-state index in [-0.39, 0.29) is 11.7 Å². The number of benzene rings is 2. The molecule has 0 radical (unpaired) electrons. The average molecular weight is 305 g/mol. The van der Waals surface area contributed by atoms with Gasteiger partial charge in [-0.15, -0.1) is 0 Å². The molecule has 0 saturated heterocycles. The van der Waals surface area contributed by atoms with Crippen molar-refractivity contribution in [3.63, 3.8) is 0 Å². The van der Waals surface area contributed by atoms with E-state index in [9.17, 15) is 9.65 Å². The first-order valence-electron chi connectivity index (χ1n) is 7.20. The summed E-state index contributed by atoms with van der Waals surface area (Å²) in [7, 11) is 0. The number of rotatable bonds is 1. The van der Waals surface area contributed by atoms with E-state index in [2.05, 4.69) is 11.1 Å². The van der Waals surface area contributed by atoms with Crippen molar-refractivity contribution in [2.45, 2.75) is 5.92 Å². The van der Waals surface area contributed by atoms with Crippen LogP contribution in [-0.2, 0) is 0 Å². The van der Waals surface area contributed by atoms with Crippen LogP contribution in [-0.4, -0.2) is 10.9 Å². The second kappa shape index (κ2) is 4.96. The normalized spacial score (nSPS) is 19.9. The van der Waals surface area contributed by atoms with Crippen molar-refractivity contribution in [1.29, 1.82) is 10.7 Å². The summed E-state index contributed by atoms with van der Waals surface area (Å²) in [5.74, 6) is -1.11. The van der Waals surface area contributed by atoms with Gasteiger partial charge in [-0.1, -0.05) is 18.2 Å². The molecule has 1 aromatic heterocycles. The third-order valence-electron chi connectivity index (χ3n) is 4.23. The number of fused-ring (bicyclic) bond motifs is 3. The van der Waals surface area contributed by atoms with E-state index in [0.717, 1.165) is 16.5 Å². The second-order valence-electron chi connectivity index (χ2n) is 5.53. The van der Waals surface area contributed by atoms with Crippen LogP contribution in [0.15, 0.2) is 48.7 Å². The molecule has 4 rings (SSSR count). The highest BCUT2D eigenvalue weighted by Gasteiger charge is 2.37. The smallest absolute Gasteiger partial charge is 0.205 e. The summed E-state index contributed by atoms with van der Waals surface area (Å²) >= 11 is 0. The fraction of sp³-hybridized carbons (Fsp3) is 0.111. The molecule has 0 spiro atoms. The minimum Gasteiger partial charge on any atom is -0.441 e. The van der Waals surface area contributed by atoms with Gasteiger partial charge in [-0.25, -0.2) is 4.39 Å². The summed E-state index contributed by atoms with van der Waals surface area (Å²) in [6.07, 6.45) is 1.80. The van der Waals surface area contributed by atoms with E-state index in [1.807, 2.05) is 18.2 Å². The van der Waals surface area contributed by atoms with Crippen LogP contribution in [0.25, 0.3) is 10.9 Å². The van der Waals surface area contributed by atoms with Crippen LogP contribution in [0.4, 0.5) is 4.39 Å². The molecular weight excluding hydrogens is 293 g/mol. The molecule has 0 bridgehead atoms. The summed E-state index contributed by atoms with van der Waals surface area (Å²) in [6, 6.07) is 14.0. The van der Waals surface area contributed by atoms with E-state index in [0.29, 0.717) is 11.3 Å². The van der Waals surface area contributed by atoms with Crippen molar-refractivity contribution in [2.75, 3.05) is 0 Å². The average Bonchev–Trinajstić information content (AvgIpc) is 3.02. The highest BCUT2D eigenvalue weighted by molar-refractivity contribution is 5.94. The van der Waals surface area contributed by atoms with E-state index in [1.165, 1.54) is 12.1 Å². The lowest BCUT2D eigenvalue weighted by Gasteiger charge is -2.30. The van der Waals surface area contributed by atoms with Crippen molar-refractivity contribution >= 4 is 16.8 Å². The van der Waals surface area contributed by atoms with Crippen LogP contribution in [0.1, 0.15) is 17.0 Å². The Bertz CT molecular complexity index is 970. The van der Waals surface area contributed by atoms with Crippen molar-refractivity contribution in [3.05, 3.63) is 65.6 Å². The quantitative estimate of drug-likeness (QED) is 0.714. The minimum atomic E-state index is -0.777. The Morgan fingerprint density at radius 2 is 2.09 bits per heavy atom. The van der Waals surface area contributed by atoms with E-state index in [4.69, 9.17) is 10.1 Å². The highest BCUT2D eigenvalue weighted by atomic mass is 19.1. The first-order valence-corrected chi connectivity index (χ1v) is 7.20. The molecular formula is C18H12FN3O. The van der Waals surface area contributed by atoms with Gasteiger partial charge >= 0.3 is 0 Å². The number of hydrogen-bond donors (Lipinski definition) is 2. The van der Waals surface area contributed by atoms with Gasteiger partial charge in [0.25, 0.3) is 0 Å². The molecule has 2 atom stereocenters. The number of halogens is 1. The van der Waals surface area contributed by atoms with Crippen molar-refractivity contribution in [3.8, 4) is 11.8 Å². The van der Waals surface area contributed by atoms with Gasteiger partial charge in [-0.2, -0.15) is 5.26 Å². The molecule has 0 saturated carbocycles. The van der Waals surface area contributed by atoms with Gasteiger partial charge in [0.05, 0.1) is 6.07 Å². The molecule has 2 N–H and O–H groups in total. The summed E-state index contributed by atoms with van der Waals surface area (Å²) in [4.78, 5) is 3.10. The third-order valence-corrected chi connectivity index (χ3v) is 4.23. The van der Waals surface area contributed by atoms with Gasteiger partial charge in [0, 0.05) is 28.6 Å². The lowest BCUT2D eigenvalue weighted by molar-refractivity contribution is 0.454. The van der Waals surface area contributed by atoms with E-state index >= 15 is 0 Å². The summed E-state index contributed by atoms with van der Waals surface area (Å²) in [6.45, 7) is 0. The van der Waals surface area contributed by atoms with Gasteiger partial charge in [0.1, 0.15) is 17.5 Å². The maximum atomic E-state index is 13.7. The van der Waals surface area contributed by atoms with E-state index in [1.54, 1.807) is 18.3 Å². The Morgan fingerprint density at radius 3 is 2.87 bits per heavy atom. The molecule has 0 aliphatic carbocycles. The molecule has 23 heavy (non-hydrogen) atoms. The number of ether oxygens (including phenoxy) is 1. The number of aromatic nitrogens is 1. The third kappa shape index (κ3) is 2.00. The molecule has 1 aliphatic heterocycles. The van der Waals surface area contributed by atoms with Gasteiger partial charge < -0.3 is 9.72 Å². The summed E-state index contributed by atoms with van der Waals surface area (Å²) < 4.78 is 19.3. The molecule has 2 aromatic carbocycles. The number of aromatic amines is 1. The van der Waals surface area contributed by atoms with Crippen molar-refractivity contribution in [1.82, 2.24) is 4.98 Å². The molecule has 4 nitrogen and oxygen atoms in total. The standard InChI is InChI=1S/C18H12FN3O/c19-11-3-1-2-10(8-11)16-13-4-5-15-12(6-7-22-15)17(13)23-18(21)14(16)9-20/h1-8,14,16,21-22H. The van der Waals surface area contributed by atoms with Gasteiger partial charge in [0.2, 0.25) is 5.90 Å². The second-order valence-corrected chi connectivity index (χ2v) is 5.53. The Labute approximate surface area is 131 Å². The van der Waals surface area contributed by atoms with Crippen LogP contribution < -0.4 is 4.74 Å². The van der Waals surface area contributed by atoms with Crippen molar-refractivity contribution in [2.24, 2.45) is 5.92 Å². The zero-order chi connectivity index (χ0) is 16.0. The van der Waals surface area contributed by atoms with Crippen LogP contribution in [0, 0.1) is 28.5 Å². The number of hydrogen-bond acceptors (Lipinski definition) is 3. The first kappa shape index (κ1) is 13.5. The Morgan fingerprint density at radius 1 is 1.22 bits per heavy atom. The van der Waals surface area contributed by atoms with Gasteiger partial charge in [-0.05, 0) is 29.8 Å². The fourth-order valence-electron chi connectivity index (χ4n) is 3.19. The number of nitrogens with one attached hydrogen (secondary N) is 2. The van der Waals surface area contributed by atoms with Crippen LogP contribution in [0.2, 0.25) is 0 Å². The Balaban J connectivity index is 1.99. The molecule has 0 amide bonds. The minimum absolute atomic E-state index is 0.108. The predicted molar refractivity (Wildman–Crippen MR) is 84.0 cm³/mol. The fourth-order valence-corrected chi connectivity index (χ4v) is 3.19. The van der Waals surface area contributed by atoms with Gasteiger partial charge in [0.15, 0.2) is 0 Å².